The van der Waals surface area contributed by atoms with Crippen LogP contribution < -0.4 is 0 Å². The summed E-state index contributed by atoms with van der Waals surface area (Å²) < 4.78 is 12.5. The van der Waals surface area contributed by atoms with Crippen molar-refractivity contribution in [3.63, 3.8) is 0 Å². The molecule has 0 amide bonds. The molecule has 1 saturated heterocycles. The van der Waals surface area contributed by atoms with E-state index in [0.717, 1.165) is 11.8 Å². The maximum absolute atomic E-state index is 10.6. The first kappa shape index (κ1) is 14.3. The number of aliphatic hydroxyl groups excluding tert-OH is 1. The molecule has 0 radical (unpaired) electrons. The van der Waals surface area contributed by atoms with Crippen LogP contribution in [0.25, 0.3) is 0 Å². The largest absolute Gasteiger partial charge is 0.481 e. The zero-order valence-electron chi connectivity index (χ0n) is 10.2. The smallest absolute Gasteiger partial charge is 0.313 e. The molecule has 0 aliphatic carbocycles. The Morgan fingerprint density at radius 3 is 2.95 bits per heavy atom. The quantitative estimate of drug-likeness (QED) is 0.666. The number of hydrogen-bond acceptors (Lipinski definition) is 7. The zero-order chi connectivity index (χ0) is 13.7. The Morgan fingerprint density at radius 1 is 1.47 bits per heavy atom. The van der Waals surface area contributed by atoms with E-state index in [-0.39, 0.29) is 18.5 Å². The lowest BCUT2D eigenvalue weighted by Crippen LogP contribution is -2.33. The number of carboxylic acids is 1. The minimum Gasteiger partial charge on any atom is -0.481 e. The van der Waals surface area contributed by atoms with Crippen LogP contribution >= 0.6 is 11.8 Å². The standard InChI is InChI=1S/C10H15N3O5S/c14-4-8-11-12-10(19-6-9(15)16)13(8)3-7-5-17-1-2-18-7/h7,14H,1-6H2,(H,15,16). The molecule has 2 heterocycles. The highest BCUT2D eigenvalue weighted by atomic mass is 32.2. The Bertz CT molecular complexity index is 433. The Hall–Kier alpha value is -1.16. The predicted molar refractivity (Wildman–Crippen MR) is 64.9 cm³/mol. The molecule has 0 spiro atoms. The van der Waals surface area contributed by atoms with Gasteiger partial charge >= 0.3 is 5.97 Å². The molecule has 19 heavy (non-hydrogen) atoms. The molecular formula is C10H15N3O5S. The van der Waals surface area contributed by atoms with Gasteiger partial charge in [0.15, 0.2) is 11.0 Å². The monoisotopic (exact) mass is 289 g/mol. The van der Waals surface area contributed by atoms with E-state index in [1.54, 1.807) is 4.57 Å². The van der Waals surface area contributed by atoms with Crippen molar-refractivity contribution < 1.29 is 24.5 Å². The molecule has 8 nitrogen and oxygen atoms in total. The topological polar surface area (TPSA) is 107 Å². The maximum Gasteiger partial charge on any atom is 0.313 e. The average molecular weight is 289 g/mol. The summed E-state index contributed by atoms with van der Waals surface area (Å²) >= 11 is 1.06. The summed E-state index contributed by atoms with van der Waals surface area (Å²) in [6.07, 6.45) is -0.140. The van der Waals surface area contributed by atoms with Gasteiger partial charge in [-0.1, -0.05) is 11.8 Å². The van der Waals surface area contributed by atoms with Crippen LogP contribution in [0.4, 0.5) is 0 Å². The third-order valence-electron chi connectivity index (χ3n) is 2.53. The summed E-state index contributed by atoms with van der Waals surface area (Å²) in [6, 6.07) is 0. The molecule has 1 aliphatic heterocycles. The number of carboxylic acid groups (broad SMARTS) is 1. The summed E-state index contributed by atoms with van der Waals surface area (Å²) in [4.78, 5) is 10.6. The van der Waals surface area contributed by atoms with Crippen molar-refractivity contribution in [1.82, 2.24) is 14.8 Å². The highest BCUT2D eigenvalue weighted by Gasteiger charge is 2.20. The van der Waals surface area contributed by atoms with E-state index in [9.17, 15) is 9.90 Å². The number of thioether (sulfide) groups is 1. The summed E-state index contributed by atoms with van der Waals surface area (Å²) in [5, 5.41) is 26.1. The van der Waals surface area contributed by atoms with Gasteiger partial charge in [0.25, 0.3) is 0 Å². The third kappa shape index (κ3) is 3.90. The number of aromatic nitrogens is 3. The molecule has 0 bridgehead atoms. The summed E-state index contributed by atoms with van der Waals surface area (Å²) in [5.41, 5.74) is 0. The number of aliphatic hydroxyl groups is 1. The van der Waals surface area contributed by atoms with Crippen LogP contribution in [0.5, 0.6) is 0 Å². The van der Waals surface area contributed by atoms with E-state index in [0.29, 0.717) is 37.3 Å². The molecule has 1 aliphatic rings. The Labute approximate surface area is 113 Å². The highest BCUT2D eigenvalue weighted by molar-refractivity contribution is 7.99. The lowest BCUT2D eigenvalue weighted by molar-refractivity contribution is -0.133. The van der Waals surface area contributed by atoms with Crippen LogP contribution in [0.15, 0.2) is 5.16 Å². The fraction of sp³-hybridized carbons (Fsp3) is 0.700. The van der Waals surface area contributed by atoms with Crippen molar-refractivity contribution in [2.75, 3.05) is 25.6 Å². The summed E-state index contributed by atoms with van der Waals surface area (Å²) in [5.74, 6) is -0.643. The van der Waals surface area contributed by atoms with Crippen molar-refractivity contribution in [3.8, 4) is 0 Å². The normalized spacial score (nSPS) is 19.5. The molecule has 9 heteroatoms. The lowest BCUT2D eigenvalue weighted by atomic mass is 10.3. The van der Waals surface area contributed by atoms with E-state index in [1.807, 2.05) is 0 Å². The van der Waals surface area contributed by atoms with Gasteiger partial charge in [0, 0.05) is 0 Å². The molecule has 0 aromatic carbocycles. The van der Waals surface area contributed by atoms with Crippen molar-refractivity contribution in [2.45, 2.75) is 24.4 Å². The molecule has 1 unspecified atom stereocenters. The van der Waals surface area contributed by atoms with Crippen molar-refractivity contribution >= 4 is 17.7 Å². The fourth-order valence-electron chi connectivity index (χ4n) is 1.70. The van der Waals surface area contributed by atoms with Crippen LogP contribution in [0.2, 0.25) is 0 Å². The molecule has 0 saturated carbocycles. The number of nitrogens with zero attached hydrogens (tertiary/aromatic N) is 3. The molecule has 1 aromatic rings. The molecule has 106 valence electrons. The average Bonchev–Trinajstić information content (AvgIpc) is 2.80. The van der Waals surface area contributed by atoms with Crippen molar-refractivity contribution in [1.29, 1.82) is 0 Å². The second kappa shape index (κ2) is 6.85. The fourth-order valence-corrected chi connectivity index (χ4v) is 2.38. The van der Waals surface area contributed by atoms with E-state index < -0.39 is 5.97 Å². The number of hydrogen-bond donors (Lipinski definition) is 2. The van der Waals surface area contributed by atoms with Gasteiger partial charge in [0.2, 0.25) is 0 Å². The third-order valence-corrected chi connectivity index (χ3v) is 3.48. The van der Waals surface area contributed by atoms with Gasteiger partial charge in [-0.25, -0.2) is 0 Å². The van der Waals surface area contributed by atoms with Crippen LogP contribution in [0, 0.1) is 0 Å². The van der Waals surface area contributed by atoms with Crippen LogP contribution in [0.3, 0.4) is 0 Å². The number of aliphatic carboxylic acids is 1. The Balaban J connectivity index is 2.06. The van der Waals surface area contributed by atoms with Crippen molar-refractivity contribution in [3.05, 3.63) is 5.82 Å². The molecule has 1 atom stereocenters. The van der Waals surface area contributed by atoms with Crippen molar-refractivity contribution in [2.24, 2.45) is 0 Å². The van der Waals surface area contributed by atoms with Gasteiger partial charge in [-0.2, -0.15) is 0 Å². The van der Waals surface area contributed by atoms with Gasteiger partial charge in [-0.15, -0.1) is 10.2 Å². The Kier molecular flexibility index (Phi) is 5.14. The van der Waals surface area contributed by atoms with Gasteiger partial charge in [0.1, 0.15) is 6.61 Å². The van der Waals surface area contributed by atoms with E-state index in [4.69, 9.17) is 14.6 Å². The Morgan fingerprint density at radius 2 is 2.32 bits per heavy atom. The second-order valence-electron chi connectivity index (χ2n) is 3.92. The van der Waals surface area contributed by atoms with Crippen LogP contribution in [-0.4, -0.2) is 62.6 Å². The first-order valence-electron chi connectivity index (χ1n) is 5.77. The van der Waals surface area contributed by atoms with E-state index in [1.165, 1.54) is 0 Å². The van der Waals surface area contributed by atoms with Crippen LogP contribution in [0.1, 0.15) is 5.82 Å². The minimum absolute atomic E-state index is 0.106. The predicted octanol–water partition coefficient (Wildman–Crippen LogP) is -0.637. The SMILES string of the molecule is O=C(O)CSc1nnc(CO)n1CC1COCCO1. The van der Waals surface area contributed by atoms with E-state index in [2.05, 4.69) is 10.2 Å². The van der Waals surface area contributed by atoms with Crippen LogP contribution in [-0.2, 0) is 27.4 Å². The van der Waals surface area contributed by atoms with Gasteiger partial charge in [0.05, 0.1) is 38.2 Å². The number of rotatable bonds is 6. The number of ether oxygens (including phenoxy) is 2. The zero-order valence-corrected chi connectivity index (χ0v) is 11.0. The molecule has 1 aromatic heterocycles. The molecule has 1 fully saturated rings. The molecule has 2 rings (SSSR count). The lowest BCUT2D eigenvalue weighted by Gasteiger charge is -2.24. The number of carbonyl (C=O) groups is 1. The highest BCUT2D eigenvalue weighted by Crippen LogP contribution is 2.18. The molecular weight excluding hydrogens is 274 g/mol. The van der Waals surface area contributed by atoms with E-state index >= 15 is 0 Å². The minimum atomic E-state index is -0.928. The molecule has 2 N–H and O–H groups in total. The maximum atomic E-state index is 10.6. The van der Waals surface area contributed by atoms with Gasteiger partial charge < -0.3 is 24.3 Å². The van der Waals surface area contributed by atoms with Gasteiger partial charge in [-0.3, -0.25) is 4.79 Å². The van der Waals surface area contributed by atoms with Gasteiger partial charge in [-0.05, 0) is 0 Å². The first-order valence-corrected chi connectivity index (χ1v) is 6.76. The first-order chi connectivity index (χ1) is 9.20. The summed E-state index contributed by atoms with van der Waals surface area (Å²) in [6.45, 7) is 1.75. The summed E-state index contributed by atoms with van der Waals surface area (Å²) in [7, 11) is 0. The second-order valence-corrected chi connectivity index (χ2v) is 4.86.